The summed E-state index contributed by atoms with van der Waals surface area (Å²) in [6.07, 6.45) is 0. The smallest absolute Gasteiger partial charge is 0.135 e. The first-order valence-corrected chi connectivity index (χ1v) is 7.70. The van der Waals surface area contributed by atoms with Gasteiger partial charge in [-0.2, -0.15) is 0 Å². The van der Waals surface area contributed by atoms with E-state index in [1.165, 1.54) is 4.88 Å². The van der Waals surface area contributed by atoms with Crippen LogP contribution in [-0.4, -0.2) is 16.9 Å². The minimum atomic E-state index is 0.425. The van der Waals surface area contributed by atoms with Crippen molar-refractivity contribution >= 4 is 50.5 Å². The molecular weight excluding hydrogens is 355 g/mol. The Hall–Kier alpha value is -0.130. The van der Waals surface area contributed by atoms with Crippen LogP contribution in [0.3, 0.4) is 0 Å². The second kappa shape index (κ2) is 6.35. The first-order chi connectivity index (χ1) is 8.54. The minimum absolute atomic E-state index is 0.425. The molecule has 96 valence electrons. The average molecular weight is 366 g/mol. The summed E-state index contributed by atoms with van der Waals surface area (Å²) in [5.74, 6) is 0. The van der Waals surface area contributed by atoms with Crippen LogP contribution < -0.4 is 0 Å². The van der Waals surface area contributed by atoms with Crippen molar-refractivity contribution in [2.75, 3.05) is 7.05 Å². The van der Waals surface area contributed by atoms with Crippen molar-refractivity contribution in [3.8, 4) is 0 Å². The Morgan fingerprint density at radius 2 is 2.11 bits per heavy atom. The van der Waals surface area contributed by atoms with Crippen molar-refractivity contribution in [2.24, 2.45) is 0 Å². The zero-order chi connectivity index (χ0) is 13.1. The summed E-state index contributed by atoms with van der Waals surface area (Å²) in [4.78, 5) is 7.53. The molecule has 0 fully saturated rings. The molecule has 0 N–H and O–H groups in total. The van der Waals surface area contributed by atoms with Crippen LogP contribution in [0.2, 0.25) is 10.3 Å². The highest BCUT2D eigenvalue weighted by Crippen LogP contribution is 2.22. The van der Waals surface area contributed by atoms with Crippen LogP contribution in [0.25, 0.3) is 0 Å². The van der Waals surface area contributed by atoms with Crippen molar-refractivity contribution in [1.29, 1.82) is 0 Å². The first-order valence-electron chi connectivity index (χ1n) is 5.27. The number of rotatable bonds is 4. The second-order valence-corrected chi connectivity index (χ2v) is 6.64. The average Bonchev–Trinajstić information content (AvgIpc) is 2.68. The maximum absolute atomic E-state index is 6.05. The quantitative estimate of drug-likeness (QED) is 0.720. The lowest BCUT2D eigenvalue weighted by molar-refractivity contribution is 0.321. The molecule has 0 bridgehead atoms. The number of pyridine rings is 1. The molecule has 0 saturated carbocycles. The molecule has 2 aromatic heterocycles. The van der Waals surface area contributed by atoms with Crippen LogP contribution >= 0.6 is 50.5 Å². The van der Waals surface area contributed by atoms with Crippen LogP contribution in [0.4, 0.5) is 0 Å². The summed E-state index contributed by atoms with van der Waals surface area (Å²) >= 11 is 17.0. The molecule has 0 radical (unpaired) electrons. The van der Waals surface area contributed by atoms with Crippen molar-refractivity contribution in [3.05, 3.63) is 48.8 Å². The molecule has 6 heteroatoms. The monoisotopic (exact) mass is 364 g/mol. The number of halogens is 3. The minimum Gasteiger partial charge on any atom is -0.297 e. The van der Waals surface area contributed by atoms with E-state index in [1.807, 2.05) is 6.07 Å². The van der Waals surface area contributed by atoms with E-state index in [1.54, 1.807) is 17.4 Å². The highest BCUT2D eigenvalue weighted by molar-refractivity contribution is 9.10. The molecule has 2 nitrogen and oxygen atoms in total. The molecule has 0 aliphatic heterocycles. The van der Waals surface area contributed by atoms with Crippen molar-refractivity contribution in [1.82, 2.24) is 9.88 Å². The summed E-state index contributed by atoms with van der Waals surface area (Å²) < 4.78 is 1.13. The van der Waals surface area contributed by atoms with Gasteiger partial charge >= 0.3 is 0 Å². The molecule has 18 heavy (non-hydrogen) atoms. The van der Waals surface area contributed by atoms with Gasteiger partial charge in [-0.3, -0.25) is 4.90 Å². The van der Waals surface area contributed by atoms with E-state index in [-0.39, 0.29) is 0 Å². The van der Waals surface area contributed by atoms with Crippen LogP contribution in [0, 0.1) is 0 Å². The predicted octanol–water partition coefficient (Wildman–Crippen LogP) is 4.84. The standard InChI is InChI=1S/C12H11BrCl2N2S/c1-17(6-10-4-9(13)7-18-10)5-8-2-3-11(14)16-12(8)15/h2-4,7H,5-6H2,1H3. The third-order valence-corrected chi connectivity index (χ3v) is 4.60. The number of hydrogen-bond donors (Lipinski definition) is 0. The Balaban J connectivity index is 2.00. The SMILES string of the molecule is CN(Cc1cc(Br)cs1)Cc1ccc(Cl)nc1Cl. The van der Waals surface area contributed by atoms with Gasteiger partial charge in [-0.15, -0.1) is 11.3 Å². The van der Waals surface area contributed by atoms with E-state index in [9.17, 15) is 0 Å². The molecule has 0 aliphatic rings. The van der Waals surface area contributed by atoms with Gasteiger partial charge in [0, 0.05) is 33.4 Å². The molecule has 0 amide bonds. The maximum Gasteiger partial charge on any atom is 0.135 e. The van der Waals surface area contributed by atoms with E-state index in [0.29, 0.717) is 10.3 Å². The van der Waals surface area contributed by atoms with Crippen LogP contribution in [0.1, 0.15) is 10.4 Å². The molecule has 2 rings (SSSR count). The molecular formula is C12H11BrCl2N2S. The predicted molar refractivity (Wildman–Crippen MR) is 81.4 cm³/mol. The Bertz CT molecular complexity index is 545. The van der Waals surface area contributed by atoms with Crippen molar-refractivity contribution in [3.63, 3.8) is 0 Å². The van der Waals surface area contributed by atoms with Crippen LogP contribution in [-0.2, 0) is 13.1 Å². The molecule has 0 atom stereocenters. The number of thiophene rings is 1. The lowest BCUT2D eigenvalue weighted by atomic mass is 10.2. The summed E-state index contributed by atoms with van der Waals surface area (Å²) in [5, 5.41) is 2.98. The molecule has 0 aliphatic carbocycles. The molecule has 2 heterocycles. The molecule has 0 unspecified atom stereocenters. The highest BCUT2D eigenvalue weighted by atomic mass is 79.9. The maximum atomic E-state index is 6.05. The largest absolute Gasteiger partial charge is 0.297 e. The van der Waals surface area contributed by atoms with E-state index in [2.05, 4.69) is 44.3 Å². The summed E-state index contributed by atoms with van der Waals surface area (Å²) in [7, 11) is 2.05. The fourth-order valence-corrected chi connectivity index (χ4v) is 3.54. The summed E-state index contributed by atoms with van der Waals surface area (Å²) in [6.45, 7) is 1.63. The third kappa shape index (κ3) is 3.93. The van der Waals surface area contributed by atoms with Gasteiger partial charge in [-0.1, -0.05) is 29.3 Å². The zero-order valence-electron chi connectivity index (χ0n) is 9.66. The summed E-state index contributed by atoms with van der Waals surface area (Å²) in [6, 6.07) is 5.81. The van der Waals surface area contributed by atoms with Gasteiger partial charge in [0.2, 0.25) is 0 Å². The Labute approximate surface area is 129 Å². The van der Waals surface area contributed by atoms with Gasteiger partial charge in [0.15, 0.2) is 0 Å². The highest BCUT2D eigenvalue weighted by Gasteiger charge is 2.08. The second-order valence-electron chi connectivity index (χ2n) is 3.99. The van der Waals surface area contributed by atoms with Gasteiger partial charge in [-0.05, 0) is 35.1 Å². The Kier molecular flexibility index (Phi) is 5.04. The zero-order valence-corrected chi connectivity index (χ0v) is 13.6. The lowest BCUT2D eigenvalue weighted by Crippen LogP contribution is -2.17. The molecule has 0 saturated heterocycles. The van der Waals surface area contributed by atoms with Gasteiger partial charge in [0.25, 0.3) is 0 Å². The Morgan fingerprint density at radius 3 is 2.72 bits per heavy atom. The van der Waals surface area contributed by atoms with E-state index < -0.39 is 0 Å². The van der Waals surface area contributed by atoms with E-state index >= 15 is 0 Å². The van der Waals surface area contributed by atoms with Gasteiger partial charge in [0.1, 0.15) is 10.3 Å². The van der Waals surface area contributed by atoms with Crippen molar-refractivity contribution in [2.45, 2.75) is 13.1 Å². The molecule has 0 aromatic carbocycles. The molecule has 0 spiro atoms. The van der Waals surface area contributed by atoms with E-state index in [0.717, 1.165) is 23.1 Å². The van der Waals surface area contributed by atoms with Crippen molar-refractivity contribution < 1.29 is 0 Å². The lowest BCUT2D eigenvalue weighted by Gasteiger charge is -2.16. The first kappa shape index (κ1) is 14.3. The number of hydrogen-bond acceptors (Lipinski definition) is 3. The normalized spacial score (nSPS) is 11.2. The summed E-state index contributed by atoms with van der Waals surface area (Å²) in [5.41, 5.74) is 0.985. The fourth-order valence-electron chi connectivity index (χ4n) is 1.61. The number of aromatic nitrogens is 1. The van der Waals surface area contributed by atoms with Gasteiger partial charge in [-0.25, -0.2) is 4.98 Å². The fraction of sp³-hybridized carbons (Fsp3) is 0.250. The van der Waals surface area contributed by atoms with Crippen LogP contribution in [0.5, 0.6) is 0 Å². The number of nitrogens with zero attached hydrogens (tertiary/aromatic N) is 2. The topological polar surface area (TPSA) is 16.1 Å². The van der Waals surface area contributed by atoms with Crippen LogP contribution in [0.15, 0.2) is 28.1 Å². The van der Waals surface area contributed by atoms with Gasteiger partial charge in [0.05, 0.1) is 0 Å². The van der Waals surface area contributed by atoms with E-state index in [4.69, 9.17) is 23.2 Å². The molecule has 2 aromatic rings. The third-order valence-electron chi connectivity index (χ3n) is 2.38. The van der Waals surface area contributed by atoms with Gasteiger partial charge < -0.3 is 0 Å². The Morgan fingerprint density at radius 1 is 1.33 bits per heavy atom.